The van der Waals surface area contributed by atoms with Crippen LogP contribution in [-0.4, -0.2) is 37.2 Å². The minimum absolute atomic E-state index is 0.120. The van der Waals surface area contributed by atoms with Crippen molar-refractivity contribution >= 4 is 45.8 Å². The highest BCUT2D eigenvalue weighted by Gasteiger charge is 2.29. The van der Waals surface area contributed by atoms with E-state index in [9.17, 15) is 14.4 Å². The summed E-state index contributed by atoms with van der Waals surface area (Å²) >= 11 is 7.04. The molecule has 0 atom stereocenters. The lowest BCUT2D eigenvalue weighted by Gasteiger charge is -2.21. The van der Waals surface area contributed by atoms with Gasteiger partial charge in [-0.05, 0) is 57.2 Å². The number of ether oxygens (including phenoxy) is 3. The van der Waals surface area contributed by atoms with E-state index in [1.165, 1.54) is 0 Å². The minimum Gasteiger partial charge on any atom is -0.482 e. The Balaban J connectivity index is 1.76. The van der Waals surface area contributed by atoms with Crippen LogP contribution in [0.5, 0.6) is 5.75 Å². The second kappa shape index (κ2) is 11.3. The average molecular weight is 480 g/mol. The molecule has 1 aromatic heterocycles. The fourth-order valence-electron chi connectivity index (χ4n) is 3.50. The zero-order valence-electron chi connectivity index (χ0n) is 18.1. The Bertz CT molecular complexity index is 983. The number of amides is 1. The first kappa shape index (κ1) is 24.1. The standard InChI is InChI=1S/C23H26ClNO6S/c1-3-29-22(27)19-14(2)20(23(28)31-15-9-5-4-6-10-15)32-21(19)25-18(26)13-30-17-12-8-7-11-16(17)24/h7-8,11-12,15H,3-6,9-10,13H2,1-2H3,(H,25,26). The van der Waals surface area contributed by atoms with Gasteiger partial charge < -0.3 is 19.5 Å². The molecule has 0 spiro atoms. The molecule has 0 radical (unpaired) electrons. The Morgan fingerprint density at radius 3 is 2.53 bits per heavy atom. The summed E-state index contributed by atoms with van der Waals surface area (Å²) in [4.78, 5) is 38.1. The summed E-state index contributed by atoms with van der Waals surface area (Å²) in [6, 6.07) is 6.79. The van der Waals surface area contributed by atoms with Crippen LogP contribution < -0.4 is 10.1 Å². The molecule has 32 heavy (non-hydrogen) atoms. The number of halogens is 1. The van der Waals surface area contributed by atoms with Crippen molar-refractivity contribution in [2.45, 2.75) is 52.1 Å². The monoisotopic (exact) mass is 479 g/mol. The second-order valence-corrected chi connectivity index (χ2v) is 8.84. The largest absolute Gasteiger partial charge is 0.482 e. The molecule has 1 amide bonds. The Hall–Kier alpha value is -2.58. The van der Waals surface area contributed by atoms with E-state index < -0.39 is 17.8 Å². The van der Waals surface area contributed by atoms with Crippen LogP contribution in [0, 0.1) is 6.92 Å². The van der Waals surface area contributed by atoms with Crippen molar-refractivity contribution < 1.29 is 28.6 Å². The molecule has 172 valence electrons. The van der Waals surface area contributed by atoms with Gasteiger partial charge in [0.15, 0.2) is 6.61 Å². The number of carbonyl (C=O) groups is 3. The smallest absolute Gasteiger partial charge is 0.348 e. The van der Waals surface area contributed by atoms with Gasteiger partial charge in [0.25, 0.3) is 5.91 Å². The molecule has 1 N–H and O–H groups in total. The van der Waals surface area contributed by atoms with Gasteiger partial charge in [-0.15, -0.1) is 11.3 Å². The summed E-state index contributed by atoms with van der Waals surface area (Å²) in [5.74, 6) is -1.23. The number of rotatable bonds is 8. The van der Waals surface area contributed by atoms with Gasteiger partial charge in [-0.25, -0.2) is 9.59 Å². The zero-order valence-corrected chi connectivity index (χ0v) is 19.6. The van der Waals surface area contributed by atoms with Crippen LogP contribution in [0.1, 0.15) is 64.6 Å². The van der Waals surface area contributed by atoms with Crippen molar-refractivity contribution in [3.8, 4) is 5.75 Å². The van der Waals surface area contributed by atoms with Gasteiger partial charge in [-0.2, -0.15) is 0 Å². The minimum atomic E-state index is -0.611. The lowest BCUT2D eigenvalue weighted by Crippen LogP contribution is -2.21. The maximum Gasteiger partial charge on any atom is 0.348 e. The third kappa shape index (κ3) is 6.01. The number of thiophene rings is 1. The number of hydrogen-bond donors (Lipinski definition) is 1. The average Bonchev–Trinajstić information content (AvgIpc) is 3.10. The van der Waals surface area contributed by atoms with E-state index in [0.29, 0.717) is 16.3 Å². The first-order valence-corrected chi connectivity index (χ1v) is 11.8. The Kier molecular flexibility index (Phi) is 8.53. The first-order valence-electron chi connectivity index (χ1n) is 10.6. The van der Waals surface area contributed by atoms with Crippen LogP contribution in [0.15, 0.2) is 24.3 Å². The first-order chi connectivity index (χ1) is 15.4. The fraction of sp³-hybridized carbons (Fsp3) is 0.435. The number of anilines is 1. The van der Waals surface area contributed by atoms with Crippen LogP contribution in [0.25, 0.3) is 0 Å². The molecule has 0 unspecified atom stereocenters. The molecular formula is C23H26ClNO6S. The van der Waals surface area contributed by atoms with Crippen LogP contribution in [-0.2, 0) is 14.3 Å². The fourth-order valence-corrected chi connectivity index (χ4v) is 4.79. The van der Waals surface area contributed by atoms with Gasteiger partial charge in [-0.3, -0.25) is 4.79 Å². The molecule has 1 fully saturated rings. The van der Waals surface area contributed by atoms with E-state index in [1.807, 2.05) is 0 Å². The second-order valence-electron chi connectivity index (χ2n) is 7.41. The number of esters is 2. The molecule has 1 aliphatic rings. The topological polar surface area (TPSA) is 90.9 Å². The van der Waals surface area contributed by atoms with E-state index in [0.717, 1.165) is 43.4 Å². The maximum atomic E-state index is 12.8. The van der Waals surface area contributed by atoms with Crippen LogP contribution in [0.4, 0.5) is 5.00 Å². The molecule has 1 aliphatic carbocycles. The summed E-state index contributed by atoms with van der Waals surface area (Å²) in [6.45, 7) is 3.19. The normalized spacial score (nSPS) is 14.0. The van der Waals surface area contributed by atoms with Crippen molar-refractivity contribution in [2.75, 3.05) is 18.5 Å². The summed E-state index contributed by atoms with van der Waals surface area (Å²) in [6.07, 6.45) is 4.76. The predicted octanol–water partition coefficient (Wildman–Crippen LogP) is 5.39. The number of nitrogens with one attached hydrogen (secondary N) is 1. The lowest BCUT2D eigenvalue weighted by atomic mass is 9.98. The predicted molar refractivity (Wildman–Crippen MR) is 123 cm³/mol. The van der Waals surface area contributed by atoms with E-state index in [-0.39, 0.29) is 34.8 Å². The van der Waals surface area contributed by atoms with Gasteiger partial charge in [0.1, 0.15) is 21.7 Å². The molecule has 1 aromatic carbocycles. The Morgan fingerprint density at radius 1 is 1.12 bits per heavy atom. The van der Waals surface area contributed by atoms with Gasteiger partial charge in [0, 0.05) is 0 Å². The summed E-state index contributed by atoms with van der Waals surface area (Å²) in [5, 5.41) is 3.27. The maximum absolute atomic E-state index is 12.8. The van der Waals surface area contributed by atoms with Crippen molar-refractivity contribution in [3.63, 3.8) is 0 Å². The quantitative estimate of drug-likeness (QED) is 0.510. The highest BCUT2D eigenvalue weighted by molar-refractivity contribution is 7.18. The molecule has 2 aromatic rings. The van der Waals surface area contributed by atoms with Crippen molar-refractivity contribution in [1.82, 2.24) is 0 Å². The van der Waals surface area contributed by atoms with E-state index in [1.54, 1.807) is 38.1 Å². The van der Waals surface area contributed by atoms with E-state index in [2.05, 4.69) is 5.32 Å². The zero-order chi connectivity index (χ0) is 23.1. The molecule has 0 bridgehead atoms. The molecular weight excluding hydrogens is 454 g/mol. The summed E-state index contributed by atoms with van der Waals surface area (Å²) in [5.41, 5.74) is 0.579. The molecule has 1 heterocycles. The van der Waals surface area contributed by atoms with Crippen molar-refractivity contribution in [1.29, 1.82) is 0 Å². The molecule has 0 aliphatic heterocycles. The van der Waals surface area contributed by atoms with Gasteiger partial charge in [0.2, 0.25) is 0 Å². The highest BCUT2D eigenvalue weighted by atomic mass is 35.5. The van der Waals surface area contributed by atoms with E-state index >= 15 is 0 Å². The Morgan fingerprint density at radius 2 is 1.84 bits per heavy atom. The molecule has 7 nitrogen and oxygen atoms in total. The van der Waals surface area contributed by atoms with Crippen molar-refractivity contribution in [3.05, 3.63) is 45.3 Å². The molecule has 1 saturated carbocycles. The molecule has 0 saturated heterocycles. The summed E-state index contributed by atoms with van der Waals surface area (Å²) < 4.78 is 16.2. The third-order valence-electron chi connectivity index (χ3n) is 5.09. The van der Waals surface area contributed by atoms with Crippen molar-refractivity contribution in [2.24, 2.45) is 0 Å². The SMILES string of the molecule is CCOC(=O)c1c(NC(=O)COc2ccccc2Cl)sc(C(=O)OC2CCCCC2)c1C. The van der Waals surface area contributed by atoms with Gasteiger partial charge >= 0.3 is 11.9 Å². The third-order valence-corrected chi connectivity index (χ3v) is 6.59. The van der Waals surface area contributed by atoms with Crippen LogP contribution in [0.3, 0.4) is 0 Å². The van der Waals surface area contributed by atoms with Gasteiger partial charge in [0.05, 0.1) is 17.2 Å². The van der Waals surface area contributed by atoms with Crippen LogP contribution in [0.2, 0.25) is 5.02 Å². The number of benzene rings is 1. The highest BCUT2D eigenvalue weighted by Crippen LogP contribution is 2.35. The van der Waals surface area contributed by atoms with Crippen LogP contribution >= 0.6 is 22.9 Å². The van der Waals surface area contributed by atoms with Gasteiger partial charge in [-0.1, -0.05) is 30.2 Å². The number of carbonyl (C=O) groups excluding carboxylic acids is 3. The summed E-state index contributed by atoms with van der Waals surface area (Å²) in [7, 11) is 0. The number of hydrogen-bond acceptors (Lipinski definition) is 7. The molecule has 9 heteroatoms. The molecule has 3 rings (SSSR count). The lowest BCUT2D eigenvalue weighted by molar-refractivity contribution is -0.118. The number of para-hydroxylation sites is 1. The van der Waals surface area contributed by atoms with E-state index in [4.69, 9.17) is 25.8 Å². The Labute approximate surface area is 196 Å².